The molecule has 0 atom stereocenters. The van der Waals surface area contributed by atoms with Gasteiger partial charge in [-0.15, -0.1) is 11.3 Å². The second kappa shape index (κ2) is 4.62. The standard InChI is InChI=1S/C13H11NO3S/c1-7-2-3-8(12(14)15)6-9(7)10-4-5-11(18-10)13(16)17/h2-6H,1H3,(H2,14,15)(H,16,17). The van der Waals surface area contributed by atoms with Gasteiger partial charge in [0.05, 0.1) is 0 Å². The molecular formula is C13H11NO3S. The lowest BCUT2D eigenvalue weighted by Gasteiger charge is -2.05. The normalized spacial score (nSPS) is 10.3. The van der Waals surface area contributed by atoms with Gasteiger partial charge in [-0.1, -0.05) is 6.07 Å². The summed E-state index contributed by atoms with van der Waals surface area (Å²) in [7, 11) is 0. The maximum Gasteiger partial charge on any atom is 0.345 e. The van der Waals surface area contributed by atoms with Crippen LogP contribution in [0.25, 0.3) is 10.4 Å². The number of rotatable bonds is 3. The number of primary amides is 1. The summed E-state index contributed by atoms with van der Waals surface area (Å²) in [6.45, 7) is 1.90. The molecule has 0 aliphatic carbocycles. The van der Waals surface area contributed by atoms with Gasteiger partial charge in [-0.3, -0.25) is 4.79 Å². The van der Waals surface area contributed by atoms with Crippen LogP contribution in [0.15, 0.2) is 30.3 Å². The van der Waals surface area contributed by atoms with Crippen LogP contribution >= 0.6 is 11.3 Å². The van der Waals surface area contributed by atoms with Crippen molar-refractivity contribution >= 4 is 23.2 Å². The van der Waals surface area contributed by atoms with Gasteiger partial charge >= 0.3 is 5.97 Å². The Bertz CT molecular complexity index is 631. The van der Waals surface area contributed by atoms with Gasteiger partial charge in [0, 0.05) is 10.4 Å². The highest BCUT2D eigenvalue weighted by atomic mass is 32.1. The molecule has 3 N–H and O–H groups in total. The molecule has 0 bridgehead atoms. The Kier molecular flexibility index (Phi) is 3.16. The number of aromatic carboxylic acids is 1. The van der Waals surface area contributed by atoms with Crippen LogP contribution in [0.4, 0.5) is 0 Å². The van der Waals surface area contributed by atoms with E-state index < -0.39 is 11.9 Å². The molecular weight excluding hydrogens is 250 g/mol. The molecule has 0 saturated heterocycles. The van der Waals surface area contributed by atoms with Crippen LogP contribution in [0, 0.1) is 6.92 Å². The van der Waals surface area contributed by atoms with Gasteiger partial charge in [0.15, 0.2) is 0 Å². The van der Waals surface area contributed by atoms with E-state index in [2.05, 4.69) is 0 Å². The van der Waals surface area contributed by atoms with Gasteiger partial charge in [-0.2, -0.15) is 0 Å². The number of carbonyl (C=O) groups is 2. The molecule has 0 unspecified atom stereocenters. The molecule has 0 radical (unpaired) electrons. The van der Waals surface area contributed by atoms with E-state index in [-0.39, 0.29) is 4.88 Å². The minimum Gasteiger partial charge on any atom is -0.477 e. The van der Waals surface area contributed by atoms with E-state index in [4.69, 9.17) is 10.8 Å². The quantitative estimate of drug-likeness (QED) is 0.890. The maximum atomic E-state index is 11.1. The Hall–Kier alpha value is -2.14. The first-order valence-corrected chi connectivity index (χ1v) is 6.04. The van der Waals surface area contributed by atoms with Crippen LogP contribution in [-0.2, 0) is 0 Å². The molecule has 0 saturated carbocycles. The van der Waals surface area contributed by atoms with Crippen LogP contribution in [-0.4, -0.2) is 17.0 Å². The van der Waals surface area contributed by atoms with E-state index in [1.54, 1.807) is 30.3 Å². The topological polar surface area (TPSA) is 80.4 Å². The van der Waals surface area contributed by atoms with Crippen molar-refractivity contribution in [2.24, 2.45) is 5.73 Å². The second-order valence-electron chi connectivity index (χ2n) is 3.86. The number of carboxylic acid groups (broad SMARTS) is 1. The third-order valence-electron chi connectivity index (χ3n) is 2.60. The summed E-state index contributed by atoms with van der Waals surface area (Å²) in [6, 6.07) is 8.44. The first-order chi connectivity index (χ1) is 8.49. The van der Waals surface area contributed by atoms with E-state index in [1.807, 2.05) is 6.92 Å². The predicted octanol–water partition coefficient (Wildman–Crippen LogP) is 2.52. The van der Waals surface area contributed by atoms with Crippen molar-refractivity contribution in [1.29, 1.82) is 0 Å². The number of benzene rings is 1. The molecule has 0 fully saturated rings. The van der Waals surface area contributed by atoms with Crippen molar-refractivity contribution in [2.75, 3.05) is 0 Å². The van der Waals surface area contributed by atoms with E-state index in [0.717, 1.165) is 16.0 Å². The SMILES string of the molecule is Cc1ccc(C(N)=O)cc1-c1ccc(C(=O)O)s1. The van der Waals surface area contributed by atoms with Gasteiger partial charge in [0.2, 0.25) is 5.91 Å². The van der Waals surface area contributed by atoms with Gasteiger partial charge in [0.25, 0.3) is 0 Å². The number of thiophene rings is 1. The van der Waals surface area contributed by atoms with Crippen LogP contribution in [0.1, 0.15) is 25.6 Å². The summed E-state index contributed by atoms with van der Waals surface area (Å²) in [5, 5.41) is 8.89. The molecule has 2 rings (SSSR count). The lowest BCUT2D eigenvalue weighted by Crippen LogP contribution is -2.10. The third-order valence-corrected chi connectivity index (χ3v) is 3.71. The number of hydrogen-bond acceptors (Lipinski definition) is 3. The minimum atomic E-state index is -0.949. The van der Waals surface area contributed by atoms with Crippen LogP contribution in [0.5, 0.6) is 0 Å². The van der Waals surface area contributed by atoms with E-state index >= 15 is 0 Å². The van der Waals surface area contributed by atoms with Crippen molar-refractivity contribution in [2.45, 2.75) is 6.92 Å². The molecule has 1 aromatic heterocycles. The van der Waals surface area contributed by atoms with E-state index in [0.29, 0.717) is 5.56 Å². The number of aryl methyl sites for hydroxylation is 1. The summed E-state index contributed by atoms with van der Waals surface area (Å²) in [6.07, 6.45) is 0. The molecule has 0 aliphatic rings. The molecule has 1 heterocycles. The Balaban J connectivity index is 2.51. The molecule has 18 heavy (non-hydrogen) atoms. The Morgan fingerprint density at radius 2 is 1.94 bits per heavy atom. The fourth-order valence-electron chi connectivity index (χ4n) is 1.64. The molecule has 5 heteroatoms. The van der Waals surface area contributed by atoms with Crippen molar-refractivity contribution in [3.63, 3.8) is 0 Å². The Morgan fingerprint density at radius 3 is 2.50 bits per heavy atom. The largest absolute Gasteiger partial charge is 0.477 e. The number of carbonyl (C=O) groups excluding carboxylic acids is 1. The number of amides is 1. The van der Waals surface area contributed by atoms with Gasteiger partial charge in [-0.25, -0.2) is 4.79 Å². The fourth-order valence-corrected chi connectivity index (χ4v) is 2.56. The number of carboxylic acids is 1. The highest BCUT2D eigenvalue weighted by molar-refractivity contribution is 7.17. The maximum absolute atomic E-state index is 11.1. The average molecular weight is 261 g/mol. The highest BCUT2D eigenvalue weighted by Gasteiger charge is 2.11. The zero-order chi connectivity index (χ0) is 13.3. The Labute approximate surface area is 108 Å². The van der Waals surface area contributed by atoms with E-state index in [9.17, 15) is 9.59 Å². The molecule has 1 aromatic carbocycles. The van der Waals surface area contributed by atoms with Crippen molar-refractivity contribution < 1.29 is 14.7 Å². The van der Waals surface area contributed by atoms with Crippen molar-refractivity contribution in [3.8, 4) is 10.4 Å². The smallest absolute Gasteiger partial charge is 0.345 e. The lowest BCUT2D eigenvalue weighted by atomic mass is 10.0. The first-order valence-electron chi connectivity index (χ1n) is 5.23. The van der Waals surface area contributed by atoms with Crippen molar-refractivity contribution in [3.05, 3.63) is 46.3 Å². The molecule has 4 nitrogen and oxygen atoms in total. The third kappa shape index (κ3) is 2.26. The van der Waals surface area contributed by atoms with E-state index in [1.165, 1.54) is 11.3 Å². The first kappa shape index (κ1) is 12.3. The minimum absolute atomic E-state index is 0.272. The summed E-state index contributed by atoms with van der Waals surface area (Å²) in [5.41, 5.74) is 7.46. The van der Waals surface area contributed by atoms with Gasteiger partial charge in [0.1, 0.15) is 4.88 Å². The van der Waals surface area contributed by atoms with Crippen LogP contribution in [0.3, 0.4) is 0 Å². The zero-order valence-corrected chi connectivity index (χ0v) is 10.5. The summed E-state index contributed by atoms with van der Waals surface area (Å²) in [4.78, 5) is 23.1. The van der Waals surface area contributed by atoms with Crippen molar-refractivity contribution in [1.82, 2.24) is 0 Å². The summed E-state index contributed by atoms with van der Waals surface area (Å²) >= 11 is 1.18. The lowest BCUT2D eigenvalue weighted by molar-refractivity contribution is 0.0702. The summed E-state index contributed by atoms with van der Waals surface area (Å²) < 4.78 is 0. The second-order valence-corrected chi connectivity index (χ2v) is 4.95. The average Bonchev–Trinajstić information content (AvgIpc) is 2.78. The molecule has 92 valence electrons. The van der Waals surface area contributed by atoms with Crippen LogP contribution < -0.4 is 5.73 Å². The molecule has 0 spiro atoms. The Morgan fingerprint density at radius 1 is 1.22 bits per heavy atom. The fraction of sp³-hybridized carbons (Fsp3) is 0.0769. The number of nitrogens with two attached hydrogens (primary N) is 1. The number of hydrogen-bond donors (Lipinski definition) is 2. The van der Waals surface area contributed by atoms with Gasteiger partial charge < -0.3 is 10.8 Å². The summed E-state index contributed by atoms with van der Waals surface area (Å²) in [5.74, 6) is -1.44. The molecule has 1 amide bonds. The molecule has 0 aliphatic heterocycles. The molecule has 2 aromatic rings. The zero-order valence-electron chi connectivity index (χ0n) is 9.64. The van der Waals surface area contributed by atoms with Gasteiger partial charge in [-0.05, 0) is 42.3 Å². The highest BCUT2D eigenvalue weighted by Crippen LogP contribution is 2.31. The van der Waals surface area contributed by atoms with Crippen LogP contribution in [0.2, 0.25) is 0 Å². The predicted molar refractivity (Wildman–Crippen MR) is 70.0 cm³/mol. The monoisotopic (exact) mass is 261 g/mol.